The van der Waals surface area contributed by atoms with Gasteiger partial charge in [0.25, 0.3) is 0 Å². The van der Waals surface area contributed by atoms with Gasteiger partial charge < -0.3 is 10.8 Å². The molecule has 0 aliphatic carbocycles. The highest BCUT2D eigenvalue weighted by molar-refractivity contribution is 7.17. The van der Waals surface area contributed by atoms with E-state index >= 15 is 0 Å². The van der Waals surface area contributed by atoms with Gasteiger partial charge in [0.05, 0.1) is 10.6 Å². The topological polar surface area (TPSA) is 89.1 Å². The van der Waals surface area contributed by atoms with Crippen molar-refractivity contribution < 1.29 is 9.90 Å². The Morgan fingerprint density at radius 3 is 2.80 bits per heavy atom. The molecule has 3 N–H and O–H groups in total. The van der Waals surface area contributed by atoms with Crippen LogP contribution < -0.4 is 5.73 Å². The van der Waals surface area contributed by atoms with Crippen LogP contribution in [0.25, 0.3) is 10.6 Å². The molecule has 0 saturated carbocycles. The molecule has 76 valence electrons. The number of nitrogen functional groups attached to an aromatic ring is 1. The van der Waals surface area contributed by atoms with E-state index in [1.54, 1.807) is 18.2 Å². The minimum absolute atomic E-state index is 0.178. The molecule has 2 heterocycles. The first-order chi connectivity index (χ1) is 7.16. The Labute approximate surface area is 89.2 Å². The van der Waals surface area contributed by atoms with Gasteiger partial charge in [-0.05, 0) is 18.2 Å². The minimum atomic E-state index is -0.937. The van der Waals surface area contributed by atoms with E-state index in [2.05, 4.69) is 9.97 Å². The van der Waals surface area contributed by atoms with E-state index in [0.29, 0.717) is 5.69 Å². The van der Waals surface area contributed by atoms with Gasteiger partial charge in [0.1, 0.15) is 4.88 Å². The van der Waals surface area contributed by atoms with Crippen LogP contribution in [-0.4, -0.2) is 21.0 Å². The Hall–Kier alpha value is -1.95. The number of nitrogens with two attached hydrogens (primary N) is 1. The third-order valence-corrected chi connectivity index (χ3v) is 2.84. The van der Waals surface area contributed by atoms with Crippen molar-refractivity contribution >= 4 is 23.3 Å². The predicted molar refractivity (Wildman–Crippen MR) is 56.7 cm³/mol. The monoisotopic (exact) mass is 221 g/mol. The van der Waals surface area contributed by atoms with E-state index in [1.165, 1.54) is 6.20 Å². The average molecular weight is 221 g/mol. The molecule has 0 fully saturated rings. The van der Waals surface area contributed by atoms with Crippen molar-refractivity contribution in [1.82, 2.24) is 9.97 Å². The maximum Gasteiger partial charge on any atom is 0.345 e. The Kier molecular flexibility index (Phi) is 2.34. The fraction of sp³-hybridized carbons (Fsp3) is 0. The molecule has 15 heavy (non-hydrogen) atoms. The molecular formula is C9H7N3O2S. The molecule has 0 atom stereocenters. The summed E-state index contributed by atoms with van der Waals surface area (Å²) in [4.78, 5) is 19.5. The fourth-order valence-corrected chi connectivity index (χ4v) is 1.92. The van der Waals surface area contributed by atoms with E-state index in [4.69, 9.17) is 10.8 Å². The molecule has 2 aromatic rings. The van der Waals surface area contributed by atoms with Gasteiger partial charge in [-0.15, -0.1) is 11.3 Å². The van der Waals surface area contributed by atoms with E-state index in [1.807, 2.05) is 0 Å². The number of carboxylic acids is 1. The highest BCUT2D eigenvalue weighted by atomic mass is 32.1. The maximum atomic E-state index is 10.7. The summed E-state index contributed by atoms with van der Waals surface area (Å²) in [5.41, 5.74) is 6.07. The van der Waals surface area contributed by atoms with Crippen LogP contribution in [-0.2, 0) is 0 Å². The first kappa shape index (κ1) is 9.60. The lowest BCUT2D eigenvalue weighted by Crippen LogP contribution is -1.94. The lowest BCUT2D eigenvalue weighted by atomic mass is 10.3. The van der Waals surface area contributed by atoms with Gasteiger partial charge in [-0.3, -0.25) is 0 Å². The van der Waals surface area contributed by atoms with Crippen molar-refractivity contribution in [3.8, 4) is 10.6 Å². The first-order valence-electron chi connectivity index (χ1n) is 4.09. The molecule has 0 saturated heterocycles. The number of aromatic carboxylic acids is 1. The van der Waals surface area contributed by atoms with Crippen LogP contribution in [0.3, 0.4) is 0 Å². The molecule has 0 unspecified atom stereocenters. The van der Waals surface area contributed by atoms with Crippen LogP contribution >= 0.6 is 11.3 Å². The second-order valence-electron chi connectivity index (χ2n) is 2.77. The Balaban J connectivity index is 2.41. The van der Waals surface area contributed by atoms with Crippen molar-refractivity contribution in [2.75, 3.05) is 5.73 Å². The van der Waals surface area contributed by atoms with Gasteiger partial charge in [0, 0.05) is 6.20 Å². The molecule has 5 nitrogen and oxygen atoms in total. The fourth-order valence-electron chi connectivity index (χ4n) is 1.10. The Morgan fingerprint density at radius 1 is 1.40 bits per heavy atom. The molecule has 0 amide bonds. The van der Waals surface area contributed by atoms with Crippen LogP contribution in [0.4, 0.5) is 5.95 Å². The largest absolute Gasteiger partial charge is 0.477 e. The summed E-state index contributed by atoms with van der Waals surface area (Å²) >= 11 is 1.16. The van der Waals surface area contributed by atoms with E-state index in [-0.39, 0.29) is 10.8 Å². The van der Waals surface area contributed by atoms with Crippen molar-refractivity contribution in [2.24, 2.45) is 0 Å². The zero-order valence-corrected chi connectivity index (χ0v) is 8.36. The Bertz CT molecular complexity index is 510. The molecular weight excluding hydrogens is 214 g/mol. The molecule has 6 heteroatoms. The molecule has 0 radical (unpaired) electrons. The quantitative estimate of drug-likeness (QED) is 0.801. The van der Waals surface area contributed by atoms with Gasteiger partial charge in [-0.25, -0.2) is 14.8 Å². The minimum Gasteiger partial charge on any atom is -0.477 e. The number of hydrogen-bond acceptors (Lipinski definition) is 5. The molecule has 0 aromatic carbocycles. The van der Waals surface area contributed by atoms with Gasteiger partial charge in [0.2, 0.25) is 5.95 Å². The van der Waals surface area contributed by atoms with Crippen LogP contribution in [0.1, 0.15) is 9.67 Å². The zero-order valence-electron chi connectivity index (χ0n) is 7.54. The molecule has 2 rings (SSSR count). The maximum absolute atomic E-state index is 10.7. The van der Waals surface area contributed by atoms with Gasteiger partial charge >= 0.3 is 5.97 Å². The van der Waals surface area contributed by atoms with Gasteiger partial charge in [0.15, 0.2) is 0 Å². The molecule has 0 spiro atoms. The van der Waals surface area contributed by atoms with E-state index < -0.39 is 5.97 Å². The van der Waals surface area contributed by atoms with E-state index in [0.717, 1.165) is 16.2 Å². The van der Waals surface area contributed by atoms with Crippen molar-refractivity contribution in [1.29, 1.82) is 0 Å². The standard InChI is InChI=1S/C9H7N3O2S/c10-9-11-4-3-5(12-9)6-1-2-7(15-6)8(13)14/h1-4H,(H,13,14)(H2,10,11,12). The summed E-state index contributed by atoms with van der Waals surface area (Å²) in [6, 6.07) is 4.93. The SMILES string of the molecule is Nc1nccc(-c2ccc(C(=O)O)s2)n1. The lowest BCUT2D eigenvalue weighted by molar-refractivity contribution is 0.0702. The summed E-state index contributed by atoms with van der Waals surface area (Å²) in [6.07, 6.45) is 1.54. The third kappa shape index (κ3) is 1.94. The molecule has 0 aliphatic heterocycles. The number of carboxylic acid groups (broad SMARTS) is 1. The summed E-state index contributed by atoms with van der Waals surface area (Å²) in [7, 11) is 0. The number of thiophene rings is 1. The summed E-state index contributed by atoms with van der Waals surface area (Å²) < 4.78 is 0. The number of rotatable bonds is 2. The van der Waals surface area contributed by atoms with E-state index in [9.17, 15) is 4.79 Å². The number of anilines is 1. The summed E-state index contributed by atoms with van der Waals surface area (Å²) in [5, 5.41) is 8.75. The number of hydrogen-bond donors (Lipinski definition) is 2. The highest BCUT2D eigenvalue weighted by Crippen LogP contribution is 2.26. The molecule has 0 aliphatic rings. The second-order valence-corrected chi connectivity index (χ2v) is 3.85. The second kappa shape index (κ2) is 3.66. The first-order valence-corrected chi connectivity index (χ1v) is 4.90. The van der Waals surface area contributed by atoms with Crippen LogP contribution in [0.15, 0.2) is 24.4 Å². The lowest BCUT2D eigenvalue weighted by Gasteiger charge is -1.95. The number of nitrogens with zero attached hydrogens (tertiary/aromatic N) is 2. The van der Waals surface area contributed by atoms with Crippen LogP contribution in [0.2, 0.25) is 0 Å². The van der Waals surface area contributed by atoms with Crippen LogP contribution in [0, 0.1) is 0 Å². The summed E-state index contributed by atoms with van der Waals surface area (Å²) in [5.74, 6) is -0.758. The smallest absolute Gasteiger partial charge is 0.345 e. The summed E-state index contributed by atoms with van der Waals surface area (Å²) in [6.45, 7) is 0. The molecule has 2 aromatic heterocycles. The van der Waals surface area contributed by atoms with Crippen molar-refractivity contribution in [3.63, 3.8) is 0 Å². The predicted octanol–water partition coefficient (Wildman–Crippen LogP) is 1.49. The zero-order chi connectivity index (χ0) is 10.8. The molecule has 0 bridgehead atoms. The Morgan fingerprint density at radius 2 is 2.20 bits per heavy atom. The van der Waals surface area contributed by atoms with Gasteiger partial charge in [-0.1, -0.05) is 0 Å². The van der Waals surface area contributed by atoms with Crippen LogP contribution in [0.5, 0.6) is 0 Å². The average Bonchev–Trinajstić information content (AvgIpc) is 2.66. The number of carbonyl (C=O) groups is 1. The highest BCUT2D eigenvalue weighted by Gasteiger charge is 2.09. The van der Waals surface area contributed by atoms with Crippen molar-refractivity contribution in [3.05, 3.63) is 29.3 Å². The normalized spacial score (nSPS) is 10.1. The van der Waals surface area contributed by atoms with Crippen molar-refractivity contribution in [2.45, 2.75) is 0 Å². The van der Waals surface area contributed by atoms with Gasteiger partial charge in [-0.2, -0.15) is 0 Å². The number of aromatic nitrogens is 2. The third-order valence-electron chi connectivity index (χ3n) is 1.74.